The molecule has 0 radical (unpaired) electrons. The molecular weight excluding hydrogens is 360 g/mol. The smallest absolute Gasteiger partial charge is 0.299 e. The van der Waals surface area contributed by atoms with Gasteiger partial charge in [0.05, 0.1) is 0 Å². The number of aromatic nitrogens is 2. The maximum absolute atomic E-state index is 12.3. The number of fused-ring (bicyclic) bond motifs is 1. The van der Waals surface area contributed by atoms with Crippen molar-refractivity contribution in [1.29, 1.82) is 0 Å². The fourth-order valence-corrected chi connectivity index (χ4v) is 3.24. The van der Waals surface area contributed by atoms with Gasteiger partial charge in [-0.3, -0.25) is 9.78 Å². The minimum absolute atomic E-state index is 0.144. The Morgan fingerprint density at radius 1 is 1.36 bits per heavy atom. The van der Waals surface area contributed by atoms with Crippen molar-refractivity contribution in [2.45, 2.75) is 18.2 Å². The van der Waals surface area contributed by atoms with Gasteiger partial charge in [0.2, 0.25) is 5.88 Å². The maximum Gasteiger partial charge on any atom is 0.299 e. The number of nitrogens with zero attached hydrogens (tertiary/aromatic N) is 1. The normalized spacial score (nSPS) is 13.0. The van der Waals surface area contributed by atoms with Crippen molar-refractivity contribution in [3.8, 4) is 11.9 Å². The average molecular weight is 377 g/mol. The zero-order valence-corrected chi connectivity index (χ0v) is 15.2. The molecule has 1 aliphatic heterocycles. The molecule has 0 spiro atoms. The number of thioether (sulfide) groups is 1. The van der Waals surface area contributed by atoms with E-state index in [1.165, 1.54) is 0 Å². The van der Waals surface area contributed by atoms with Crippen LogP contribution in [0.15, 0.2) is 52.4 Å². The predicted octanol–water partition coefficient (Wildman–Crippen LogP) is 4.29. The monoisotopic (exact) mass is 376 g/mol. The zero-order chi connectivity index (χ0) is 17.8. The predicted molar refractivity (Wildman–Crippen MR) is 101 cm³/mol. The van der Waals surface area contributed by atoms with Gasteiger partial charge in [-0.05, 0) is 42.3 Å². The van der Waals surface area contributed by atoms with Crippen molar-refractivity contribution in [3.63, 3.8) is 0 Å². The second-order valence-corrected chi connectivity index (χ2v) is 6.90. The molecule has 0 unspecified atom stereocenters. The number of H-pyrrole nitrogens is 1. The summed E-state index contributed by atoms with van der Waals surface area (Å²) in [5.74, 6) is 1.41. The van der Waals surface area contributed by atoms with Crippen LogP contribution >= 0.6 is 23.4 Å². The molecule has 25 heavy (non-hydrogen) atoms. The van der Waals surface area contributed by atoms with E-state index in [1.54, 1.807) is 17.8 Å². The van der Waals surface area contributed by atoms with Crippen LogP contribution in [0.5, 0.6) is 11.9 Å². The molecule has 1 aromatic carbocycles. The molecule has 7 heteroatoms. The van der Waals surface area contributed by atoms with Crippen LogP contribution in [0.1, 0.15) is 18.9 Å². The van der Waals surface area contributed by atoms with E-state index >= 15 is 0 Å². The second-order valence-electron chi connectivity index (χ2n) is 5.29. The number of ether oxygens (including phenoxy) is 2. The molecule has 2 heterocycles. The first-order chi connectivity index (χ1) is 12.1. The SMILES string of the molecule is C=C1C=C(CC)c2c(nc(OCCSc3ccc(Cl)cc3)[nH]c2=O)O1. The molecule has 0 bridgehead atoms. The summed E-state index contributed by atoms with van der Waals surface area (Å²) in [7, 11) is 0. The van der Waals surface area contributed by atoms with Crippen molar-refractivity contribution in [2.75, 3.05) is 12.4 Å². The van der Waals surface area contributed by atoms with Gasteiger partial charge in [-0.1, -0.05) is 25.1 Å². The van der Waals surface area contributed by atoms with Crippen LogP contribution in [0.4, 0.5) is 0 Å². The highest BCUT2D eigenvalue weighted by molar-refractivity contribution is 7.99. The van der Waals surface area contributed by atoms with Gasteiger partial charge in [-0.15, -0.1) is 11.8 Å². The molecule has 0 saturated carbocycles. The van der Waals surface area contributed by atoms with Crippen molar-refractivity contribution in [1.82, 2.24) is 9.97 Å². The van der Waals surface area contributed by atoms with Crippen LogP contribution in [0.3, 0.4) is 0 Å². The van der Waals surface area contributed by atoms with E-state index in [-0.39, 0.29) is 17.4 Å². The van der Waals surface area contributed by atoms with E-state index in [2.05, 4.69) is 16.5 Å². The quantitative estimate of drug-likeness (QED) is 0.601. The van der Waals surface area contributed by atoms with Crippen LogP contribution in [-0.2, 0) is 0 Å². The minimum Gasteiger partial charge on any atom is -0.464 e. The highest BCUT2D eigenvalue weighted by Gasteiger charge is 2.21. The third-order valence-electron chi connectivity index (χ3n) is 3.53. The maximum atomic E-state index is 12.3. The van der Waals surface area contributed by atoms with Gasteiger partial charge in [0.1, 0.15) is 17.9 Å². The van der Waals surface area contributed by atoms with Gasteiger partial charge in [-0.25, -0.2) is 0 Å². The van der Waals surface area contributed by atoms with E-state index in [1.807, 2.05) is 31.2 Å². The van der Waals surface area contributed by atoms with Crippen LogP contribution in [0, 0.1) is 0 Å². The number of rotatable bonds is 6. The van der Waals surface area contributed by atoms with Crippen LogP contribution in [-0.4, -0.2) is 22.3 Å². The Morgan fingerprint density at radius 3 is 2.84 bits per heavy atom. The van der Waals surface area contributed by atoms with Gasteiger partial charge in [0.15, 0.2) is 0 Å². The minimum atomic E-state index is -0.272. The van der Waals surface area contributed by atoms with Crippen molar-refractivity contribution in [3.05, 3.63) is 63.6 Å². The molecule has 1 N–H and O–H groups in total. The summed E-state index contributed by atoms with van der Waals surface area (Å²) in [4.78, 5) is 20.3. The Morgan fingerprint density at radius 2 is 2.12 bits per heavy atom. The Kier molecular flexibility index (Phi) is 5.50. The number of halogens is 1. The molecule has 2 aromatic rings. The van der Waals surface area contributed by atoms with E-state index in [9.17, 15) is 4.79 Å². The molecule has 5 nitrogen and oxygen atoms in total. The van der Waals surface area contributed by atoms with Crippen LogP contribution < -0.4 is 15.0 Å². The Bertz CT molecular complexity index is 875. The first-order valence-electron chi connectivity index (χ1n) is 7.80. The lowest BCUT2D eigenvalue weighted by Crippen LogP contribution is -2.20. The molecule has 0 fully saturated rings. The molecule has 1 aliphatic rings. The fraction of sp³-hybridized carbons (Fsp3) is 0.222. The summed E-state index contributed by atoms with van der Waals surface area (Å²) in [5, 5.41) is 0.707. The number of allylic oxidation sites excluding steroid dienone is 2. The zero-order valence-electron chi connectivity index (χ0n) is 13.7. The fourth-order valence-electron chi connectivity index (χ4n) is 2.39. The lowest BCUT2D eigenvalue weighted by molar-refractivity contribution is 0.305. The third kappa shape index (κ3) is 4.27. The first kappa shape index (κ1) is 17.6. The Labute approximate surface area is 154 Å². The lowest BCUT2D eigenvalue weighted by atomic mass is 10.0. The Balaban J connectivity index is 1.64. The molecule has 0 amide bonds. The topological polar surface area (TPSA) is 64.2 Å². The van der Waals surface area contributed by atoms with E-state index < -0.39 is 0 Å². The van der Waals surface area contributed by atoms with Crippen LogP contribution in [0.25, 0.3) is 5.57 Å². The average Bonchev–Trinajstić information content (AvgIpc) is 2.59. The van der Waals surface area contributed by atoms with Crippen molar-refractivity contribution in [2.24, 2.45) is 0 Å². The highest BCUT2D eigenvalue weighted by atomic mass is 35.5. The van der Waals surface area contributed by atoms with Gasteiger partial charge in [0.25, 0.3) is 11.6 Å². The summed E-state index contributed by atoms with van der Waals surface area (Å²) in [5.41, 5.74) is 1.02. The number of hydrogen-bond acceptors (Lipinski definition) is 5. The number of hydrogen-bond donors (Lipinski definition) is 1. The standard InChI is InChI=1S/C18H17ClN2O3S/c1-3-12-10-11(2)24-17-15(12)16(22)20-18(21-17)23-8-9-25-14-6-4-13(19)5-7-14/h4-7,10H,2-3,8-9H2,1H3,(H,20,21,22). The first-order valence-corrected chi connectivity index (χ1v) is 9.16. The molecular formula is C18H17ClN2O3S. The van der Waals surface area contributed by atoms with Gasteiger partial charge < -0.3 is 9.47 Å². The van der Waals surface area contributed by atoms with E-state index in [0.717, 1.165) is 10.5 Å². The summed E-state index contributed by atoms with van der Waals surface area (Å²) in [6.07, 6.45) is 2.45. The molecule has 0 aliphatic carbocycles. The summed E-state index contributed by atoms with van der Waals surface area (Å²) < 4.78 is 11.0. The largest absolute Gasteiger partial charge is 0.464 e. The van der Waals surface area contributed by atoms with E-state index in [0.29, 0.717) is 35.1 Å². The number of nitrogens with one attached hydrogen (secondary N) is 1. The molecule has 0 atom stereocenters. The molecule has 130 valence electrons. The van der Waals surface area contributed by atoms with Crippen molar-refractivity contribution >= 4 is 28.9 Å². The molecule has 3 rings (SSSR count). The van der Waals surface area contributed by atoms with Gasteiger partial charge in [0, 0.05) is 15.7 Å². The number of benzene rings is 1. The lowest BCUT2D eigenvalue weighted by Gasteiger charge is -2.17. The van der Waals surface area contributed by atoms with Gasteiger partial charge >= 0.3 is 0 Å². The molecule has 0 saturated heterocycles. The Hall–Kier alpha value is -2.18. The van der Waals surface area contributed by atoms with Crippen molar-refractivity contribution < 1.29 is 9.47 Å². The summed E-state index contributed by atoms with van der Waals surface area (Å²) in [6, 6.07) is 7.73. The summed E-state index contributed by atoms with van der Waals surface area (Å²) >= 11 is 7.49. The van der Waals surface area contributed by atoms with Crippen LogP contribution in [0.2, 0.25) is 5.02 Å². The highest BCUT2D eigenvalue weighted by Crippen LogP contribution is 2.31. The second kappa shape index (κ2) is 7.80. The van der Waals surface area contributed by atoms with E-state index in [4.69, 9.17) is 21.1 Å². The summed E-state index contributed by atoms with van der Waals surface area (Å²) in [6.45, 7) is 6.14. The van der Waals surface area contributed by atoms with Gasteiger partial charge in [-0.2, -0.15) is 4.98 Å². The molecule has 1 aromatic heterocycles. The third-order valence-corrected chi connectivity index (χ3v) is 4.76. The number of aromatic amines is 1.